The maximum atomic E-state index is 5.91. The minimum absolute atomic E-state index is 0.821. The second-order valence-electron chi connectivity index (χ2n) is 4.28. The van der Waals surface area contributed by atoms with Crippen molar-refractivity contribution < 1.29 is 0 Å². The summed E-state index contributed by atoms with van der Waals surface area (Å²) >= 11 is 7.53. The topological polar surface area (TPSA) is 15.3 Å². The lowest BCUT2D eigenvalue weighted by Crippen LogP contribution is -2.21. The number of benzene rings is 1. The largest absolute Gasteiger partial charge is 0.380 e. The van der Waals surface area contributed by atoms with Gasteiger partial charge in [0.25, 0.3) is 0 Å². The van der Waals surface area contributed by atoms with Crippen molar-refractivity contribution in [1.82, 2.24) is 0 Å². The summed E-state index contributed by atoms with van der Waals surface area (Å²) in [6.07, 6.45) is 0. The molecule has 0 unspecified atom stereocenters. The molecule has 4 heteroatoms. The number of rotatable bonds is 6. The zero-order valence-electron chi connectivity index (χ0n) is 11.3. The van der Waals surface area contributed by atoms with Crippen LogP contribution in [0.4, 0.5) is 11.4 Å². The molecule has 1 aromatic heterocycles. The van der Waals surface area contributed by atoms with E-state index < -0.39 is 0 Å². The van der Waals surface area contributed by atoms with Gasteiger partial charge >= 0.3 is 0 Å². The maximum absolute atomic E-state index is 5.91. The Hall–Kier alpha value is -1.19. The lowest BCUT2D eigenvalue weighted by atomic mass is 10.2. The molecule has 1 heterocycles. The average molecular weight is 295 g/mol. The Bertz CT molecular complexity index is 503. The van der Waals surface area contributed by atoms with E-state index >= 15 is 0 Å². The monoisotopic (exact) mass is 294 g/mol. The number of nitrogens with zero attached hydrogens (tertiary/aromatic N) is 1. The molecular formula is C15H19ClN2S. The molecule has 2 nitrogen and oxygen atoms in total. The van der Waals surface area contributed by atoms with Crippen molar-refractivity contribution in [2.75, 3.05) is 23.3 Å². The molecule has 0 bridgehead atoms. The molecule has 0 radical (unpaired) electrons. The molecule has 2 rings (SSSR count). The quantitative estimate of drug-likeness (QED) is 0.818. The lowest BCUT2D eigenvalue weighted by molar-refractivity contribution is 0.866. The fourth-order valence-corrected chi connectivity index (χ4v) is 3.04. The van der Waals surface area contributed by atoms with Crippen molar-refractivity contribution in [3.63, 3.8) is 0 Å². The third-order valence-corrected chi connectivity index (χ3v) is 4.32. The Labute approximate surface area is 124 Å². The first-order valence-corrected chi connectivity index (χ1v) is 7.75. The highest BCUT2D eigenvalue weighted by molar-refractivity contribution is 7.16. The summed E-state index contributed by atoms with van der Waals surface area (Å²) in [5.74, 6) is 0. The SMILES string of the molecule is CCN(CC)c1ccc(NCc2ccc(Cl)s2)cc1. The van der Waals surface area contributed by atoms with Gasteiger partial charge in [-0.15, -0.1) is 11.3 Å². The van der Waals surface area contributed by atoms with Gasteiger partial charge in [0.05, 0.1) is 4.34 Å². The molecule has 0 aliphatic carbocycles. The molecule has 0 fully saturated rings. The van der Waals surface area contributed by atoms with E-state index in [1.54, 1.807) is 11.3 Å². The van der Waals surface area contributed by atoms with E-state index in [1.807, 2.05) is 6.07 Å². The van der Waals surface area contributed by atoms with Crippen LogP contribution in [0.2, 0.25) is 4.34 Å². The third kappa shape index (κ3) is 3.88. The van der Waals surface area contributed by atoms with Gasteiger partial charge in [0.1, 0.15) is 0 Å². The second kappa shape index (κ2) is 6.83. The van der Waals surface area contributed by atoms with Crippen LogP contribution in [-0.4, -0.2) is 13.1 Å². The van der Waals surface area contributed by atoms with Gasteiger partial charge in [0.15, 0.2) is 0 Å². The predicted octanol–water partition coefficient (Wildman–Crippen LogP) is 4.86. The molecule has 0 aliphatic heterocycles. The summed E-state index contributed by atoms with van der Waals surface area (Å²) in [6.45, 7) is 7.25. The molecule has 0 spiro atoms. The van der Waals surface area contributed by atoms with Gasteiger partial charge in [-0.25, -0.2) is 0 Å². The van der Waals surface area contributed by atoms with E-state index in [-0.39, 0.29) is 0 Å². The first-order chi connectivity index (χ1) is 9.22. The smallest absolute Gasteiger partial charge is 0.0931 e. The van der Waals surface area contributed by atoms with Crippen LogP contribution in [0.3, 0.4) is 0 Å². The predicted molar refractivity (Wildman–Crippen MR) is 86.7 cm³/mol. The van der Waals surface area contributed by atoms with Crippen LogP contribution >= 0.6 is 22.9 Å². The highest BCUT2D eigenvalue weighted by Crippen LogP contribution is 2.23. The van der Waals surface area contributed by atoms with Crippen molar-refractivity contribution in [2.24, 2.45) is 0 Å². The van der Waals surface area contributed by atoms with E-state index in [1.165, 1.54) is 10.6 Å². The third-order valence-electron chi connectivity index (χ3n) is 3.09. The summed E-state index contributed by atoms with van der Waals surface area (Å²) in [5.41, 5.74) is 2.41. The molecule has 0 saturated carbocycles. The van der Waals surface area contributed by atoms with E-state index in [0.29, 0.717) is 0 Å². The highest BCUT2D eigenvalue weighted by Gasteiger charge is 2.02. The summed E-state index contributed by atoms with van der Waals surface area (Å²) < 4.78 is 0.841. The minimum atomic E-state index is 0.821. The number of nitrogens with one attached hydrogen (secondary N) is 1. The Kier molecular flexibility index (Phi) is 5.11. The molecule has 0 amide bonds. The molecule has 19 heavy (non-hydrogen) atoms. The van der Waals surface area contributed by atoms with Gasteiger partial charge in [-0.05, 0) is 50.2 Å². The zero-order chi connectivity index (χ0) is 13.7. The Morgan fingerprint density at radius 2 is 1.74 bits per heavy atom. The number of halogens is 1. The molecule has 0 atom stereocenters. The number of hydrogen-bond donors (Lipinski definition) is 1. The van der Waals surface area contributed by atoms with Crippen molar-refractivity contribution in [3.8, 4) is 0 Å². The molecule has 2 aromatic rings. The fraction of sp³-hybridized carbons (Fsp3) is 0.333. The minimum Gasteiger partial charge on any atom is -0.380 e. The molecule has 1 aromatic carbocycles. The van der Waals surface area contributed by atoms with Crippen molar-refractivity contribution >= 4 is 34.3 Å². The molecule has 0 aliphatic rings. The van der Waals surface area contributed by atoms with Crippen LogP contribution in [0.5, 0.6) is 0 Å². The highest BCUT2D eigenvalue weighted by atomic mass is 35.5. The van der Waals surface area contributed by atoms with E-state index in [4.69, 9.17) is 11.6 Å². The number of anilines is 2. The summed E-state index contributed by atoms with van der Waals surface area (Å²) in [5, 5.41) is 3.41. The lowest BCUT2D eigenvalue weighted by Gasteiger charge is -2.21. The Balaban J connectivity index is 1.95. The normalized spacial score (nSPS) is 10.5. The van der Waals surface area contributed by atoms with E-state index in [9.17, 15) is 0 Å². The summed E-state index contributed by atoms with van der Waals surface area (Å²) in [6, 6.07) is 12.6. The van der Waals surface area contributed by atoms with Crippen LogP contribution < -0.4 is 10.2 Å². The number of hydrogen-bond acceptors (Lipinski definition) is 3. The average Bonchev–Trinajstić information content (AvgIpc) is 2.85. The van der Waals surface area contributed by atoms with Gasteiger partial charge in [0.2, 0.25) is 0 Å². The van der Waals surface area contributed by atoms with E-state index in [0.717, 1.165) is 29.7 Å². The van der Waals surface area contributed by atoms with Gasteiger partial charge in [-0.1, -0.05) is 11.6 Å². The summed E-state index contributed by atoms with van der Waals surface area (Å²) in [4.78, 5) is 3.58. The van der Waals surface area contributed by atoms with Gasteiger partial charge in [0, 0.05) is 35.9 Å². The van der Waals surface area contributed by atoms with Crippen LogP contribution in [0, 0.1) is 0 Å². The fourth-order valence-electron chi connectivity index (χ4n) is 2.01. The Morgan fingerprint density at radius 1 is 1.05 bits per heavy atom. The van der Waals surface area contributed by atoms with Crippen molar-refractivity contribution in [3.05, 3.63) is 45.6 Å². The van der Waals surface area contributed by atoms with Crippen LogP contribution in [0.25, 0.3) is 0 Å². The Morgan fingerprint density at radius 3 is 2.26 bits per heavy atom. The molecule has 0 saturated heterocycles. The van der Waals surface area contributed by atoms with Gasteiger partial charge < -0.3 is 10.2 Å². The van der Waals surface area contributed by atoms with Crippen LogP contribution in [0.1, 0.15) is 18.7 Å². The number of thiophene rings is 1. The van der Waals surface area contributed by atoms with Crippen molar-refractivity contribution in [1.29, 1.82) is 0 Å². The molecule has 102 valence electrons. The zero-order valence-corrected chi connectivity index (χ0v) is 12.9. The van der Waals surface area contributed by atoms with E-state index in [2.05, 4.69) is 54.4 Å². The first-order valence-electron chi connectivity index (χ1n) is 6.56. The first kappa shape index (κ1) is 14.2. The molecular weight excluding hydrogens is 276 g/mol. The second-order valence-corrected chi connectivity index (χ2v) is 6.08. The van der Waals surface area contributed by atoms with Crippen molar-refractivity contribution in [2.45, 2.75) is 20.4 Å². The van der Waals surface area contributed by atoms with Gasteiger partial charge in [-0.2, -0.15) is 0 Å². The molecule has 1 N–H and O–H groups in total. The maximum Gasteiger partial charge on any atom is 0.0931 e. The van der Waals surface area contributed by atoms with Crippen LogP contribution in [0.15, 0.2) is 36.4 Å². The van der Waals surface area contributed by atoms with Crippen LogP contribution in [-0.2, 0) is 6.54 Å². The summed E-state index contributed by atoms with van der Waals surface area (Å²) in [7, 11) is 0. The standard InChI is InChI=1S/C15H19ClN2S/c1-3-18(4-2)13-7-5-12(6-8-13)17-11-14-9-10-15(16)19-14/h5-10,17H,3-4,11H2,1-2H3. The van der Waals surface area contributed by atoms with Gasteiger partial charge in [-0.3, -0.25) is 0 Å².